The van der Waals surface area contributed by atoms with Crippen LogP contribution >= 0.6 is 11.3 Å². The number of hydrogen-bond acceptors (Lipinski definition) is 7. The highest BCUT2D eigenvalue weighted by molar-refractivity contribution is 7.13. The van der Waals surface area contributed by atoms with Crippen molar-refractivity contribution in [3.05, 3.63) is 46.7 Å². The highest BCUT2D eigenvalue weighted by Gasteiger charge is 2.29. The van der Waals surface area contributed by atoms with Gasteiger partial charge in [-0.3, -0.25) is 19.2 Å². The first-order valence-electron chi connectivity index (χ1n) is 11.9. The molecule has 1 saturated heterocycles. The number of amides is 3. The molecule has 3 rings (SSSR count). The maximum absolute atomic E-state index is 13.2. The molecule has 1 aliphatic rings. The number of hydrogen-bond donors (Lipinski definition) is 1. The summed E-state index contributed by atoms with van der Waals surface area (Å²) >= 11 is 1.19. The van der Waals surface area contributed by atoms with Crippen LogP contribution in [0.5, 0.6) is 0 Å². The molecule has 0 aliphatic carbocycles. The standard InChI is InChI=1S/C25H31FN4O5S/c1-4-35-24(34)18-6-5-11-29(13-18)22(32)12-20-15-36-25(27-20)28-21(31)14-30(16(2)3)23(33)17-7-9-19(26)10-8-17/h7-10,15-16,18H,4-6,11-14H2,1-3H3,(H,27,28,31). The molecule has 1 aromatic carbocycles. The highest BCUT2D eigenvalue weighted by atomic mass is 32.1. The summed E-state index contributed by atoms with van der Waals surface area (Å²) in [5.74, 6) is -1.98. The highest BCUT2D eigenvalue weighted by Crippen LogP contribution is 2.21. The Morgan fingerprint density at radius 1 is 1.25 bits per heavy atom. The Labute approximate surface area is 213 Å². The minimum Gasteiger partial charge on any atom is -0.466 e. The number of aromatic nitrogens is 1. The fraction of sp³-hybridized carbons (Fsp3) is 0.480. The summed E-state index contributed by atoms with van der Waals surface area (Å²) in [7, 11) is 0. The van der Waals surface area contributed by atoms with Gasteiger partial charge in [-0.1, -0.05) is 0 Å². The second kappa shape index (κ2) is 12.6. The van der Waals surface area contributed by atoms with Gasteiger partial charge in [0.1, 0.15) is 12.4 Å². The van der Waals surface area contributed by atoms with Gasteiger partial charge in [-0.05, 0) is 57.9 Å². The predicted molar refractivity (Wildman–Crippen MR) is 133 cm³/mol. The van der Waals surface area contributed by atoms with E-state index in [1.54, 1.807) is 31.1 Å². The average Bonchev–Trinajstić information content (AvgIpc) is 3.29. The van der Waals surface area contributed by atoms with Crippen molar-refractivity contribution in [1.29, 1.82) is 0 Å². The molecule has 1 atom stereocenters. The van der Waals surface area contributed by atoms with E-state index in [1.165, 1.54) is 40.5 Å². The number of anilines is 1. The van der Waals surface area contributed by atoms with Crippen molar-refractivity contribution in [3.63, 3.8) is 0 Å². The predicted octanol–water partition coefficient (Wildman–Crippen LogP) is 3.12. The fourth-order valence-corrected chi connectivity index (χ4v) is 4.66. The first-order valence-corrected chi connectivity index (χ1v) is 12.8. The zero-order valence-corrected chi connectivity index (χ0v) is 21.5. The topological polar surface area (TPSA) is 109 Å². The molecule has 36 heavy (non-hydrogen) atoms. The van der Waals surface area contributed by atoms with Crippen LogP contribution in [-0.4, -0.2) is 70.8 Å². The molecule has 0 spiro atoms. The quantitative estimate of drug-likeness (QED) is 0.511. The third kappa shape index (κ3) is 7.33. The van der Waals surface area contributed by atoms with E-state index >= 15 is 0 Å². The van der Waals surface area contributed by atoms with Crippen LogP contribution in [0.2, 0.25) is 0 Å². The van der Waals surface area contributed by atoms with Crippen LogP contribution in [-0.2, 0) is 25.5 Å². The van der Waals surface area contributed by atoms with Gasteiger partial charge in [-0.25, -0.2) is 9.37 Å². The number of carbonyl (C=O) groups excluding carboxylic acids is 4. The zero-order valence-electron chi connectivity index (χ0n) is 20.7. The van der Waals surface area contributed by atoms with Gasteiger partial charge in [-0.15, -0.1) is 11.3 Å². The summed E-state index contributed by atoms with van der Waals surface area (Å²) in [6.45, 7) is 6.35. The van der Waals surface area contributed by atoms with Crippen molar-refractivity contribution in [2.24, 2.45) is 5.92 Å². The molecule has 1 N–H and O–H groups in total. The lowest BCUT2D eigenvalue weighted by Gasteiger charge is -2.31. The van der Waals surface area contributed by atoms with E-state index in [2.05, 4.69) is 10.3 Å². The molecule has 1 fully saturated rings. The lowest BCUT2D eigenvalue weighted by atomic mass is 9.98. The Bertz CT molecular complexity index is 1090. The monoisotopic (exact) mass is 518 g/mol. The molecule has 194 valence electrons. The van der Waals surface area contributed by atoms with Crippen LogP contribution in [0.1, 0.15) is 49.7 Å². The van der Waals surface area contributed by atoms with Crippen molar-refractivity contribution < 1.29 is 28.3 Å². The molecule has 2 aromatic rings. The molecular weight excluding hydrogens is 487 g/mol. The third-order valence-electron chi connectivity index (χ3n) is 5.81. The van der Waals surface area contributed by atoms with Crippen LogP contribution in [0.15, 0.2) is 29.6 Å². The number of ether oxygens (including phenoxy) is 1. The van der Waals surface area contributed by atoms with Gasteiger partial charge in [0, 0.05) is 30.1 Å². The Hall–Kier alpha value is -3.34. The van der Waals surface area contributed by atoms with E-state index in [4.69, 9.17) is 4.74 Å². The van der Waals surface area contributed by atoms with Gasteiger partial charge in [-0.2, -0.15) is 0 Å². The van der Waals surface area contributed by atoms with Gasteiger partial charge in [0.2, 0.25) is 11.8 Å². The number of likely N-dealkylation sites (tertiary alicyclic amines) is 1. The number of rotatable bonds is 9. The van der Waals surface area contributed by atoms with Crippen LogP contribution in [0.3, 0.4) is 0 Å². The minimum atomic E-state index is -0.447. The summed E-state index contributed by atoms with van der Waals surface area (Å²) < 4.78 is 18.3. The molecule has 11 heteroatoms. The summed E-state index contributed by atoms with van der Waals surface area (Å²) in [6, 6.07) is 4.90. The first kappa shape index (κ1) is 27.3. The first-order chi connectivity index (χ1) is 17.2. The van der Waals surface area contributed by atoms with E-state index in [0.717, 1.165) is 6.42 Å². The van der Waals surface area contributed by atoms with Crippen molar-refractivity contribution in [2.75, 3.05) is 31.6 Å². The second-order valence-electron chi connectivity index (χ2n) is 8.83. The number of benzene rings is 1. The van der Waals surface area contributed by atoms with Gasteiger partial charge in [0.05, 0.1) is 24.6 Å². The van der Waals surface area contributed by atoms with Crippen LogP contribution in [0.4, 0.5) is 9.52 Å². The molecule has 0 bridgehead atoms. The van der Waals surface area contributed by atoms with Gasteiger partial charge < -0.3 is 19.9 Å². The van der Waals surface area contributed by atoms with Crippen molar-refractivity contribution in [1.82, 2.24) is 14.8 Å². The van der Waals surface area contributed by atoms with E-state index in [1.807, 2.05) is 0 Å². The number of halogens is 1. The largest absolute Gasteiger partial charge is 0.466 e. The Kier molecular flexibility index (Phi) is 9.51. The van der Waals surface area contributed by atoms with Crippen molar-refractivity contribution >= 4 is 40.2 Å². The third-order valence-corrected chi connectivity index (χ3v) is 6.62. The number of thiazole rings is 1. The molecule has 9 nitrogen and oxygen atoms in total. The van der Waals surface area contributed by atoms with E-state index < -0.39 is 11.7 Å². The second-order valence-corrected chi connectivity index (χ2v) is 9.69. The lowest BCUT2D eigenvalue weighted by Crippen LogP contribution is -2.43. The minimum absolute atomic E-state index is 0.0586. The molecule has 2 heterocycles. The van der Waals surface area contributed by atoms with E-state index in [9.17, 15) is 23.6 Å². The van der Waals surface area contributed by atoms with Gasteiger partial charge in [0.25, 0.3) is 5.91 Å². The van der Waals surface area contributed by atoms with Crippen LogP contribution < -0.4 is 5.32 Å². The normalized spacial score (nSPS) is 15.5. The summed E-state index contributed by atoms with van der Waals surface area (Å²) in [5, 5.41) is 4.70. The number of nitrogens with zero attached hydrogens (tertiary/aromatic N) is 3. The van der Waals surface area contributed by atoms with E-state index in [-0.39, 0.29) is 48.3 Å². The maximum Gasteiger partial charge on any atom is 0.310 e. The number of nitrogens with one attached hydrogen (secondary N) is 1. The molecule has 1 unspecified atom stereocenters. The summed E-state index contributed by atoms with van der Waals surface area (Å²) in [6.07, 6.45) is 1.49. The summed E-state index contributed by atoms with van der Waals surface area (Å²) in [4.78, 5) is 57.6. The molecule has 1 aliphatic heterocycles. The number of carbonyl (C=O) groups is 4. The Morgan fingerprint density at radius 3 is 2.64 bits per heavy atom. The molecule has 3 amide bonds. The average molecular weight is 519 g/mol. The zero-order chi connectivity index (χ0) is 26.2. The van der Waals surface area contributed by atoms with Gasteiger partial charge in [0.15, 0.2) is 5.13 Å². The lowest BCUT2D eigenvalue weighted by molar-refractivity contribution is -0.151. The SMILES string of the molecule is CCOC(=O)C1CCCN(C(=O)Cc2csc(NC(=O)CN(C(=O)c3ccc(F)cc3)C(C)C)n2)C1. The molecule has 1 aromatic heterocycles. The number of esters is 1. The Morgan fingerprint density at radius 2 is 1.97 bits per heavy atom. The molecular formula is C25H31FN4O5S. The smallest absolute Gasteiger partial charge is 0.310 e. The fourth-order valence-electron chi connectivity index (χ4n) is 3.93. The summed E-state index contributed by atoms with van der Waals surface area (Å²) in [5.41, 5.74) is 0.803. The van der Waals surface area contributed by atoms with E-state index in [0.29, 0.717) is 36.9 Å². The van der Waals surface area contributed by atoms with Crippen molar-refractivity contribution in [3.8, 4) is 0 Å². The van der Waals surface area contributed by atoms with Gasteiger partial charge >= 0.3 is 5.97 Å². The van der Waals surface area contributed by atoms with Crippen LogP contribution in [0.25, 0.3) is 0 Å². The van der Waals surface area contributed by atoms with Crippen molar-refractivity contribution in [2.45, 2.75) is 46.1 Å². The maximum atomic E-state index is 13.2. The number of piperidine rings is 1. The molecule has 0 radical (unpaired) electrons. The Balaban J connectivity index is 1.55. The molecule has 0 saturated carbocycles. The van der Waals surface area contributed by atoms with Crippen LogP contribution in [0, 0.1) is 11.7 Å².